The molecule has 8 heteroatoms. The molecule has 0 radical (unpaired) electrons. The van der Waals surface area contributed by atoms with Crippen LogP contribution in [0.4, 0.5) is 11.4 Å². The zero-order valence-electron chi connectivity index (χ0n) is 16.5. The van der Waals surface area contributed by atoms with E-state index in [0.717, 1.165) is 16.8 Å². The van der Waals surface area contributed by atoms with Gasteiger partial charge in [-0.05, 0) is 26.0 Å². The Hall–Kier alpha value is -3.68. The number of hydrogen-bond acceptors (Lipinski definition) is 5. The first kappa shape index (κ1) is 20.1. The molecule has 3 rings (SSSR count). The van der Waals surface area contributed by atoms with Crippen molar-refractivity contribution in [2.24, 2.45) is 7.05 Å². The lowest BCUT2D eigenvalue weighted by Crippen LogP contribution is -2.30. The maximum absolute atomic E-state index is 12.2. The Morgan fingerprint density at radius 1 is 1.21 bits per heavy atom. The van der Waals surface area contributed by atoms with Crippen molar-refractivity contribution in [1.82, 2.24) is 15.1 Å². The largest absolute Gasteiger partial charge is 0.375 e. The maximum atomic E-state index is 12.2. The number of aromatic nitrogens is 2. The second-order valence-electron chi connectivity index (χ2n) is 7.01. The van der Waals surface area contributed by atoms with Crippen molar-refractivity contribution in [3.63, 3.8) is 0 Å². The summed E-state index contributed by atoms with van der Waals surface area (Å²) < 4.78 is 1.72. The molecule has 0 aliphatic heterocycles. The molecule has 0 spiro atoms. The van der Waals surface area contributed by atoms with Crippen molar-refractivity contribution in [2.75, 3.05) is 5.32 Å². The molecule has 150 valence electrons. The first-order chi connectivity index (χ1) is 13.8. The Morgan fingerprint density at radius 2 is 1.93 bits per heavy atom. The van der Waals surface area contributed by atoms with Crippen LogP contribution >= 0.6 is 0 Å². The van der Waals surface area contributed by atoms with E-state index in [1.165, 1.54) is 6.07 Å². The fourth-order valence-electron chi connectivity index (χ4n) is 3.02. The molecule has 3 aromatic rings. The third-order valence-corrected chi connectivity index (χ3v) is 4.30. The summed E-state index contributed by atoms with van der Waals surface area (Å²) in [5.41, 5.74) is 3.15. The second-order valence-corrected chi connectivity index (χ2v) is 7.01. The Labute approximate surface area is 168 Å². The molecule has 0 aliphatic carbocycles. The van der Waals surface area contributed by atoms with E-state index in [1.54, 1.807) is 16.8 Å². The van der Waals surface area contributed by atoms with Crippen molar-refractivity contribution < 1.29 is 9.72 Å². The number of anilines is 1. The molecule has 1 amide bonds. The standard InChI is InChI=1S/C21H23N5O3/c1-14(2)23-21(27)16-9-10-18(19(11-16)26(28)29)22-12-17-13-25(3)24-20(17)15-7-5-4-6-8-15/h4-11,13-14,22H,12H2,1-3H3,(H,23,27). The fraction of sp³-hybridized carbons (Fsp3) is 0.238. The summed E-state index contributed by atoms with van der Waals surface area (Å²) in [6.07, 6.45) is 1.88. The summed E-state index contributed by atoms with van der Waals surface area (Å²) in [6, 6.07) is 14.1. The van der Waals surface area contributed by atoms with Gasteiger partial charge in [0.1, 0.15) is 5.69 Å². The number of nitrogens with zero attached hydrogens (tertiary/aromatic N) is 3. The van der Waals surface area contributed by atoms with Crippen molar-refractivity contribution in [2.45, 2.75) is 26.4 Å². The van der Waals surface area contributed by atoms with Gasteiger partial charge in [-0.2, -0.15) is 5.10 Å². The summed E-state index contributed by atoms with van der Waals surface area (Å²) in [5.74, 6) is -0.340. The normalized spacial score (nSPS) is 10.8. The highest BCUT2D eigenvalue weighted by atomic mass is 16.6. The van der Waals surface area contributed by atoms with E-state index in [4.69, 9.17) is 0 Å². The smallest absolute Gasteiger partial charge is 0.293 e. The van der Waals surface area contributed by atoms with Crippen molar-refractivity contribution in [3.8, 4) is 11.3 Å². The van der Waals surface area contributed by atoms with E-state index in [2.05, 4.69) is 15.7 Å². The number of hydrogen-bond donors (Lipinski definition) is 2. The van der Waals surface area contributed by atoms with E-state index < -0.39 is 4.92 Å². The average molecular weight is 393 g/mol. The Kier molecular flexibility index (Phi) is 5.92. The summed E-state index contributed by atoms with van der Waals surface area (Å²) in [4.78, 5) is 23.2. The van der Waals surface area contributed by atoms with Crippen LogP contribution < -0.4 is 10.6 Å². The molecule has 0 bridgehead atoms. The van der Waals surface area contributed by atoms with Crippen molar-refractivity contribution in [1.29, 1.82) is 0 Å². The zero-order chi connectivity index (χ0) is 21.0. The molecule has 2 aromatic carbocycles. The Morgan fingerprint density at radius 3 is 2.59 bits per heavy atom. The van der Waals surface area contributed by atoms with E-state index >= 15 is 0 Å². The van der Waals surface area contributed by atoms with E-state index in [1.807, 2.05) is 57.4 Å². The van der Waals surface area contributed by atoms with E-state index in [0.29, 0.717) is 12.2 Å². The zero-order valence-corrected chi connectivity index (χ0v) is 16.5. The Balaban J connectivity index is 1.84. The molecular formula is C21H23N5O3. The van der Waals surface area contributed by atoms with E-state index in [-0.39, 0.29) is 23.2 Å². The number of aryl methyl sites for hydroxylation is 1. The molecule has 0 saturated heterocycles. The van der Waals surface area contributed by atoms with Crippen molar-refractivity contribution in [3.05, 3.63) is 76.0 Å². The maximum Gasteiger partial charge on any atom is 0.293 e. The fourth-order valence-corrected chi connectivity index (χ4v) is 3.02. The Bertz CT molecular complexity index is 1030. The lowest BCUT2D eigenvalue weighted by atomic mass is 10.1. The highest BCUT2D eigenvalue weighted by molar-refractivity contribution is 5.95. The van der Waals surface area contributed by atoms with Crippen molar-refractivity contribution >= 4 is 17.3 Å². The first-order valence-corrected chi connectivity index (χ1v) is 9.26. The number of nitro benzene ring substituents is 1. The molecule has 1 aromatic heterocycles. The van der Waals surface area contributed by atoms with Gasteiger partial charge >= 0.3 is 0 Å². The van der Waals surface area contributed by atoms with Crippen LogP contribution in [0.15, 0.2) is 54.7 Å². The lowest BCUT2D eigenvalue weighted by molar-refractivity contribution is -0.384. The molecular weight excluding hydrogens is 370 g/mol. The van der Waals surface area contributed by atoms with Crippen LogP contribution in [0.3, 0.4) is 0 Å². The number of amides is 1. The van der Waals surface area contributed by atoms with Gasteiger partial charge in [-0.15, -0.1) is 0 Å². The molecule has 0 atom stereocenters. The second kappa shape index (κ2) is 8.55. The minimum absolute atomic E-state index is 0.0543. The first-order valence-electron chi connectivity index (χ1n) is 9.26. The number of benzene rings is 2. The molecule has 1 heterocycles. The summed E-state index contributed by atoms with van der Waals surface area (Å²) in [6.45, 7) is 4.03. The minimum atomic E-state index is -0.490. The summed E-state index contributed by atoms with van der Waals surface area (Å²) in [7, 11) is 1.83. The highest BCUT2D eigenvalue weighted by Crippen LogP contribution is 2.28. The SMILES string of the molecule is CC(C)NC(=O)c1ccc(NCc2cn(C)nc2-c2ccccc2)c([N+](=O)[O-])c1. The number of carbonyl (C=O) groups is 1. The van der Waals surface area contributed by atoms with Crippen LogP contribution in [0, 0.1) is 10.1 Å². The number of nitrogens with one attached hydrogen (secondary N) is 2. The summed E-state index contributed by atoms with van der Waals surface area (Å²) >= 11 is 0. The molecule has 2 N–H and O–H groups in total. The highest BCUT2D eigenvalue weighted by Gasteiger charge is 2.19. The van der Waals surface area contributed by atoms with E-state index in [9.17, 15) is 14.9 Å². The predicted molar refractivity (Wildman–Crippen MR) is 112 cm³/mol. The average Bonchev–Trinajstić information content (AvgIpc) is 3.07. The minimum Gasteiger partial charge on any atom is -0.375 e. The number of rotatable bonds is 7. The van der Waals surface area contributed by atoms with Gasteiger partial charge in [0.2, 0.25) is 0 Å². The topological polar surface area (TPSA) is 102 Å². The van der Waals surface area contributed by atoms with Gasteiger partial charge in [-0.3, -0.25) is 19.6 Å². The van der Waals surface area contributed by atoms with Gasteiger partial charge in [0, 0.05) is 48.6 Å². The van der Waals surface area contributed by atoms with Crippen LogP contribution in [0.1, 0.15) is 29.8 Å². The molecule has 8 nitrogen and oxygen atoms in total. The van der Waals surface area contributed by atoms with Gasteiger partial charge in [0.05, 0.1) is 10.6 Å². The lowest BCUT2D eigenvalue weighted by Gasteiger charge is -2.11. The third kappa shape index (κ3) is 4.78. The molecule has 29 heavy (non-hydrogen) atoms. The summed E-state index contributed by atoms with van der Waals surface area (Å²) in [5, 5.41) is 21.9. The van der Waals surface area contributed by atoms with Gasteiger partial charge < -0.3 is 10.6 Å². The molecule has 0 unspecified atom stereocenters. The molecule has 0 saturated carbocycles. The van der Waals surface area contributed by atoms with Gasteiger partial charge in [-0.1, -0.05) is 30.3 Å². The van der Waals surface area contributed by atoms with Crippen LogP contribution in [0.2, 0.25) is 0 Å². The number of nitro groups is 1. The molecule has 0 aliphatic rings. The van der Waals surface area contributed by atoms with Crippen LogP contribution in [-0.4, -0.2) is 26.7 Å². The van der Waals surface area contributed by atoms with Crippen LogP contribution in [-0.2, 0) is 13.6 Å². The number of carbonyl (C=O) groups excluding carboxylic acids is 1. The molecule has 0 fully saturated rings. The predicted octanol–water partition coefficient (Wildman–Crippen LogP) is 3.75. The van der Waals surface area contributed by atoms with Crippen LogP contribution in [0.25, 0.3) is 11.3 Å². The van der Waals surface area contributed by atoms with Gasteiger partial charge in [0.15, 0.2) is 0 Å². The van der Waals surface area contributed by atoms with Gasteiger partial charge in [-0.25, -0.2) is 0 Å². The van der Waals surface area contributed by atoms with Crippen LogP contribution in [0.5, 0.6) is 0 Å². The third-order valence-electron chi connectivity index (χ3n) is 4.30. The van der Waals surface area contributed by atoms with Gasteiger partial charge in [0.25, 0.3) is 11.6 Å². The monoisotopic (exact) mass is 393 g/mol. The quantitative estimate of drug-likeness (QED) is 0.470.